The number of aryl methyl sites for hydroxylation is 1. The Hall–Kier alpha value is -3.77. The van der Waals surface area contributed by atoms with Crippen molar-refractivity contribution in [3.8, 4) is 11.5 Å². The molecule has 1 fully saturated rings. The second-order valence-electron chi connectivity index (χ2n) is 7.79. The molecule has 1 unspecified atom stereocenters. The molecule has 6 nitrogen and oxygen atoms in total. The van der Waals surface area contributed by atoms with Crippen molar-refractivity contribution in [1.29, 1.82) is 0 Å². The Kier molecular flexibility index (Phi) is 6.61. The molecular weight excluding hydrogens is 454 g/mol. The molecule has 7 heteroatoms. The Morgan fingerprint density at radius 3 is 2.21 bits per heavy atom. The maximum absolute atomic E-state index is 13.3. The first-order valence-electron chi connectivity index (χ1n) is 10.8. The van der Waals surface area contributed by atoms with Crippen molar-refractivity contribution in [3.05, 3.63) is 94.0 Å². The molecule has 0 spiro atoms. The quantitative estimate of drug-likeness (QED) is 0.286. The highest BCUT2D eigenvalue weighted by Gasteiger charge is 2.47. The van der Waals surface area contributed by atoms with E-state index < -0.39 is 17.7 Å². The van der Waals surface area contributed by atoms with Gasteiger partial charge in [-0.05, 0) is 35.7 Å². The van der Waals surface area contributed by atoms with Crippen LogP contribution in [0.15, 0.2) is 72.3 Å². The highest BCUT2D eigenvalue weighted by Crippen LogP contribution is 2.44. The zero-order valence-electron chi connectivity index (χ0n) is 19.0. The first-order valence-corrected chi connectivity index (χ1v) is 11.2. The third kappa shape index (κ3) is 4.01. The average molecular weight is 478 g/mol. The molecule has 1 heterocycles. The molecule has 1 aliphatic rings. The Bertz CT molecular complexity index is 1270. The van der Waals surface area contributed by atoms with Crippen molar-refractivity contribution in [2.75, 3.05) is 19.1 Å². The maximum Gasteiger partial charge on any atom is 0.300 e. The van der Waals surface area contributed by atoms with Crippen LogP contribution in [0.5, 0.6) is 11.5 Å². The predicted molar refractivity (Wildman–Crippen MR) is 132 cm³/mol. The highest BCUT2D eigenvalue weighted by molar-refractivity contribution is 6.51. The standard InChI is InChI=1S/C27H24ClNO5/c1-4-16-10-12-17(13-11-16)24-23(26(31)27(32)29(24)18-8-6-5-7-9-18)25(30)19-14-22(34-3)20(28)15-21(19)33-2/h5-15,24,30H,4H2,1-3H3/b25-23+. The van der Waals surface area contributed by atoms with Crippen LogP contribution in [0.4, 0.5) is 5.69 Å². The Morgan fingerprint density at radius 1 is 0.971 bits per heavy atom. The van der Waals surface area contributed by atoms with Crippen LogP contribution in [0.25, 0.3) is 5.76 Å². The van der Waals surface area contributed by atoms with E-state index in [2.05, 4.69) is 0 Å². The zero-order valence-corrected chi connectivity index (χ0v) is 19.8. The van der Waals surface area contributed by atoms with Crippen molar-refractivity contribution >= 4 is 34.7 Å². The van der Waals surface area contributed by atoms with E-state index in [-0.39, 0.29) is 27.7 Å². The molecule has 34 heavy (non-hydrogen) atoms. The monoisotopic (exact) mass is 477 g/mol. The number of carbonyl (C=O) groups is 2. The minimum Gasteiger partial charge on any atom is -0.507 e. The molecule has 1 amide bonds. The summed E-state index contributed by atoms with van der Waals surface area (Å²) < 4.78 is 10.7. The number of methoxy groups -OCH3 is 2. The van der Waals surface area contributed by atoms with Crippen molar-refractivity contribution in [2.24, 2.45) is 0 Å². The lowest BCUT2D eigenvalue weighted by Crippen LogP contribution is -2.29. The molecular formula is C27H24ClNO5. The van der Waals surface area contributed by atoms with Crippen LogP contribution in [0.2, 0.25) is 5.02 Å². The molecule has 1 saturated heterocycles. The van der Waals surface area contributed by atoms with Gasteiger partial charge in [0.2, 0.25) is 0 Å². The third-order valence-electron chi connectivity index (χ3n) is 5.91. The predicted octanol–water partition coefficient (Wildman–Crippen LogP) is 5.55. The summed E-state index contributed by atoms with van der Waals surface area (Å²) in [4.78, 5) is 28.0. The van der Waals surface area contributed by atoms with Crippen molar-refractivity contribution < 1.29 is 24.2 Å². The summed E-state index contributed by atoms with van der Waals surface area (Å²) in [5.74, 6) is -1.34. The molecule has 0 aliphatic carbocycles. The summed E-state index contributed by atoms with van der Waals surface area (Å²) in [6, 6.07) is 18.7. The molecule has 174 valence electrons. The van der Waals surface area contributed by atoms with Crippen LogP contribution in [0.3, 0.4) is 0 Å². The van der Waals surface area contributed by atoms with Gasteiger partial charge in [0.1, 0.15) is 17.3 Å². The van der Waals surface area contributed by atoms with E-state index in [4.69, 9.17) is 21.1 Å². The van der Waals surface area contributed by atoms with E-state index in [0.29, 0.717) is 17.0 Å². The first kappa shape index (κ1) is 23.4. The Labute approximate surface area is 203 Å². The smallest absolute Gasteiger partial charge is 0.300 e. The molecule has 1 N–H and O–H groups in total. The normalized spacial score (nSPS) is 17.2. The van der Waals surface area contributed by atoms with Crippen LogP contribution in [0, 0.1) is 0 Å². The van der Waals surface area contributed by atoms with E-state index in [1.807, 2.05) is 37.3 Å². The number of anilines is 1. The lowest BCUT2D eigenvalue weighted by atomic mass is 9.94. The minimum atomic E-state index is -0.834. The van der Waals surface area contributed by atoms with Gasteiger partial charge in [-0.2, -0.15) is 0 Å². The molecule has 3 aromatic carbocycles. The Balaban J connectivity index is 1.98. The van der Waals surface area contributed by atoms with E-state index in [1.165, 1.54) is 31.3 Å². The topological polar surface area (TPSA) is 76.1 Å². The summed E-state index contributed by atoms with van der Waals surface area (Å²) in [5.41, 5.74) is 2.52. The fraction of sp³-hybridized carbons (Fsp3) is 0.185. The fourth-order valence-corrected chi connectivity index (χ4v) is 4.36. The lowest BCUT2D eigenvalue weighted by Gasteiger charge is -2.25. The van der Waals surface area contributed by atoms with Gasteiger partial charge >= 0.3 is 0 Å². The summed E-state index contributed by atoms with van der Waals surface area (Å²) in [6.45, 7) is 2.05. The van der Waals surface area contributed by atoms with Gasteiger partial charge in [-0.3, -0.25) is 14.5 Å². The number of aliphatic hydroxyl groups excluding tert-OH is 1. The van der Waals surface area contributed by atoms with Crippen molar-refractivity contribution in [3.63, 3.8) is 0 Å². The number of rotatable bonds is 6. The number of ketones is 1. The van der Waals surface area contributed by atoms with Gasteiger partial charge < -0.3 is 14.6 Å². The van der Waals surface area contributed by atoms with Crippen LogP contribution < -0.4 is 14.4 Å². The van der Waals surface area contributed by atoms with Crippen LogP contribution in [0.1, 0.15) is 29.7 Å². The lowest BCUT2D eigenvalue weighted by molar-refractivity contribution is -0.132. The molecule has 3 aromatic rings. The van der Waals surface area contributed by atoms with Gasteiger partial charge in [0.15, 0.2) is 0 Å². The molecule has 1 aliphatic heterocycles. The first-order chi connectivity index (χ1) is 16.4. The molecule has 0 aromatic heterocycles. The Morgan fingerprint density at radius 2 is 1.62 bits per heavy atom. The molecule has 0 bridgehead atoms. The van der Waals surface area contributed by atoms with E-state index in [1.54, 1.807) is 24.3 Å². The molecule has 1 atom stereocenters. The van der Waals surface area contributed by atoms with Gasteiger partial charge in [-0.15, -0.1) is 0 Å². The van der Waals surface area contributed by atoms with Crippen LogP contribution in [-0.4, -0.2) is 31.0 Å². The van der Waals surface area contributed by atoms with E-state index in [9.17, 15) is 14.7 Å². The summed E-state index contributed by atoms with van der Waals surface area (Å²) >= 11 is 6.22. The number of hydrogen-bond donors (Lipinski definition) is 1. The zero-order chi connectivity index (χ0) is 24.4. The second kappa shape index (κ2) is 9.61. The molecule has 4 rings (SSSR count). The van der Waals surface area contributed by atoms with E-state index >= 15 is 0 Å². The van der Waals surface area contributed by atoms with Gasteiger partial charge in [0.25, 0.3) is 11.7 Å². The summed E-state index contributed by atoms with van der Waals surface area (Å²) in [6.07, 6.45) is 0.848. The van der Waals surface area contributed by atoms with E-state index in [0.717, 1.165) is 12.0 Å². The fourth-order valence-electron chi connectivity index (χ4n) is 4.13. The van der Waals surface area contributed by atoms with Gasteiger partial charge in [-0.25, -0.2) is 0 Å². The number of carbonyl (C=O) groups excluding carboxylic acids is 2. The number of para-hydroxylation sites is 1. The van der Waals surface area contributed by atoms with Crippen molar-refractivity contribution in [2.45, 2.75) is 19.4 Å². The van der Waals surface area contributed by atoms with Gasteiger partial charge in [0, 0.05) is 11.8 Å². The number of benzene rings is 3. The number of Topliss-reactive ketones (excluding diaryl/α,β-unsaturated/α-hetero) is 1. The summed E-state index contributed by atoms with van der Waals surface area (Å²) in [5, 5.41) is 11.7. The van der Waals surface area contributed by atoms with Crippen LogP contribution >= 0.6 is 11.6 Å². The van der Waals surface area contributed by atoms with Crippen molar-refractivity contribution in [1.82, 2.24) is 0 Å². The maximum atomic E-state index is 13.3. The number of ether oxygens (including phenoxy) is 2. The van der Waals surface area contributed by atoms with Gasteiger partial charge in [-0.1, -0.05) is 61.0 Å². The highest BCUT2D eigenvalue weighted by atomic mass is 35.5. The third-order valence-corrected chi connectivity index (χ3v) is 6.21. The second-order valence-corrected chi connectivity index (χ2v) is 8.19. The minimum absolute atomic E-state index is 0.0409. The number of halogens is 1. The largest absolute Gasteiger partial charge is 0.507 e. The SMILES string of the molecule is CCc1ccc(C2/C(=C(\O)c3cc(OC)c(Cl)cc3OC)C(=O)C(=O)N2c2ccccc2)cc1. The number of hydrogen-bond acceptors (Lipinski definition) is 5. The average Bonchev–Trinajstić information content (AvgIpc) is 3.14. The van der Waals surface area contributed by atoms with Gasteiger partial charge in [0.05, 0.1) is 36.4 Å². The molecule has 0 radical (unpaired) electrons. The molecule has 0 saturated carbocycles. The summed E-state index contributed by atoms with van der Waals surface area (Å²) in [7, 11) is 2.87. The number of nitrogens with zero attached hydrogens (tertiary/aromatic N) is 1. The van der Waals surface area contributed by atoms with Crippen LogP contribution in [-0.2, 0) is 16.0 Å². The number of aliphatic hydroxyl groups is 1. The number of amides is 1.